The Morgan fingerprint density at radius 2 is 1.61 bits per heavy atom. The summed E-state index contributed by atoms with van der Waals surface area (Å²) in [5, 5.41) is 2.43. The standard InChI is InChI=1S/C25H20N2O/c1-28-20-14-15-23-24(16-20)27(17-18-8-3-2-4-9-18)25(26-23)22-13-7-11-19-10-5-6-12-21(19)22/h2-16H,17H2,1H3. The van der Waals surface area contributed by atoms with Crippen LogP contribution in [0.5, 0.6) is 5.75 Å². The van der Waals surface area contributed by atoms with Crippen LogP contribution in [0.1, 0.15) is 5.56 Å². The van der Waals surface area contributed by atoms with Crippen LogP contribution in [0.25, 0.3) is 33.2 Å². The highest BCUT2D eigenvalue weighted by atomic mass is 16.5. The maximum absolute atomic E-state index is 5.47. The van der Waals surface area contributed by atoms with Crippen molar-refractivity contribution < 1.29 is 4.74 Å². The summed E-state index contributed by atoms with van der Waals surface area (Å²) < 4.78 is 7.76. The molecule has 0 atom stereocenters. The SMILES string of the molecule is COc1ccc2nc(-c3cccc4ccccc34)n(Cc3ccccc3)c2c1. The second-order valence-electron chi connectivity index (χ2n) is 6.89. The van der Waals surface area contributed by atoms with E-state index in [-0.39, 0.29) is 0 Å². The molecular formula is C25H20N2O. The van der Waals surface area contributed by atoms with Crippen LogP contribution in [0.4, 0.5) is 0 Å². The summed E-state index contributed by atoms with van der Waals surface area (Å²) in [5.41, 5.74) is 4.43. The van der Waals surface area contributed by atoms with Gasteiger partial charge in [-0.05, 0) is 28.5 Å². The third-order valence-electron chi connectivity index (χ3n) is 5.17. The molecule has 0 radical (unpaired) electrons. The fraction of sp³-hybridized carbons (Fsp3) is 0.0800. The van der Waals surface area contributed by atoms with Crippen molar-refractivity contribution in [3.05, 3.63) is 96.6 Å². The van der Waals surface area contributed by atoms with E-state index in [0.29, 0.717) is 0 Å². The number of imidazole rings is 1. The zero-order valence-corrected chi connectivity index (χ0v) is 15.7. The van der Waals surface area contributed by atoms with Crippen molar-refractivity contribution in [2.24, 2.45) is 0 Å². The Morgan fingerprint density at radius 1 is 0.821 bits per heavy atom. The van der Waals surface area contributed by atoms with Gasteiger partial charge in [-0.2, -0.15) is 0 Å². The lowest BCUT2D eigenvalue weighted by Gasteiger charge is -2.12. The molecule has 3 nitrogen and oxygen atoms in total. The van der Waals surface area contributed by atoms with Crippen molar-refractivity contribution in [3.63, 3.8) is 0 Å². The third kappa shape index (κ3) is 2.81. The van der Waals surface area contributed by atoms with Gasteiger partial charge in [0, 0.05) is 18.2 Å². The highest BCUT2D eigenvalue weighted by Gasteiger charge is 2.16. The molecule has 0 aliphatic carbocycles. The number of benzene rings is 4. The number of aromatic nitrogens is 2. The highest BCUT2D eigenvalue weighted by Crippen LogP contribution is 2.32. The van der Waals surface area contributed by atoms with Crippen LogP contribution in [0.15, 0.2) is 91.0 Å². The molecule has 0 aliphatic heterocycles. The quantitative estimate of drug-likeness (QED) is 0.396. The average Bonchev–Trinajstić information content (AvgIpc) is 3.11. The van der Waals surface area contributed by atoms with Crippen molar-refractivity contribution in [1.29, 1.82) is 0 Å². The Labute approximate surface area is 163 Å². The molecule has 28 heavy (non-hydrogen) atoms. The lowest BCUT2D eigenvalue weighted by Crippen LogP contribution is -2.02. The molecule has 0 unspecified atom stereocenters. The molecule has 1 heterocycles. The summed E-state index contributed by atoms with van der Waals surface area (Å²) in [5.74, 6) is 1.81. The molecule has 0 spiro atoms. The van der Waals surface area contributed by atoms with E-state index < -0.39 is 0 Å². The lowest BCUT2D eigenvalue weighted by atomic mass is 10.0. The molecule has 0 N–H and O–H groups in total. The summed E-state index contributed by atoms with van der Waals surface area (Å²) in [6.07, 6.45) is 0. The second-order valence-corrected chi connectivity index (χ2v) is 6.89. The number of rotatable bonds is 4. The predicted octanol–water partition coefficient (Wildman–Crippen LogP) is 5.91. The van der Waals surface area contributed by atoms with E-state index in [1.165, 1.54) is 16.3 Å². The zero-order valence-electron chi connectivity index (χ0n) is 15.7. The van der Waals surface area contributed by atoms with Gasteiger partial charge in [-0.1, -0.05) is 72.8 Å². The monoisotopic (exact) mass is 364 g/mol. The van der Waals surface area contributed by atoms with Crippen LogP contribution in [-0.2, 0) is 6.54 Å². The van der Waals surface area contributed by atoms with Crippen molar-refractivity contribution in [3.8, 4) is 17.1 Å². The predicted molar refractivity (Wildman–Crippen MR) is 115 cm³/mol. The maximum atomic E-state index is 5.47. The molecule has 0 amide bonds. The van der Waals surface area contributed by atoms with E-state index in [4.69, 9.17) is 9.72 Å². The summed E-state index contributed by atoms with van der Waals surface area (Å²) >= 11 is 0. The largest absolute Gasteiger partial charge is 0.497 e. The van der Waals surface area contributed by atoms with Crippen molar-refractivity contribution in [2.75, 3.05) is 7.11 Å². The minimum absolute atomic E-state index is 0.753. The summed E-state index contributed by atoms with van der Waals surface area (Å²) in [6, 6.07) is 31.4. The van der Waals surface area contributed by atoms with Crippen LogP contribution in [-0.4, -0.2) is 16.7 Å². The van der Waals surface area contributed by atoms with E-state index >= 15 is 0 Å². The lowest BCUT2D eigenvalue weighted by molar-refractivity contribution is 0.415. The van der Waals surface area contributed by atoms with Crippen LogP contribution in [0.2, 0.25) is 0 Å². The van der Waals surface area contributed by atoms with Crippen molar-refractivity contribution >= 4 is 21.8 Å². The molecule has 5 rings (SSSR count). The molecule has 1 aromatic heterocycles. The van der Waals surface area contributed by atoms with Crippen molar-refractivity contribution in [1.82, 2.24) is 9.55 Å². The van der Waals surface area contributed by atoms with Gasteiger partial charge in [-0.3, -0.25) is 0 Å². The minimum Gasteiger partial charge on any atom is -0.497 e. The molecule has 0 bridgehead atoms. The zero-order chi connectivity index (χ0) is 18.9. The van der Waals surface area contributed by atoms with Crippen LogP contribution >= 0.6 is 0 Å². The Balaban J connectivity index is 1.79. The topological polar surface area (TPSA) is 27.1 Å². The number of methoxy groups -OCH3 is 1. The molecule has 0 saturated carbocycles. The number of ether oxygens (including phenoxy) is 1. The molecule has 5 aromatic rings. The van der Waals surface area contributed by atoms with Gasteiger partial charge < -0.3 is 9.30 Å². The fourth-order valence-electron chi connectivity index (χ4n) is 3.78. The summed E-state index contributed by atoms with van der Waals surface area (Å²) in [7, 11) is 1.70. The first kappa shape index (κ1) is 16.6. The van der Waals surface area contributed by atoms with Gasteiger partial charge in [0.1, 0.15) is 11.6 Å². The first-order valence-corrected chi connectivity index (χ1v) is 9.40. The smallest absolute Gasteiger partial charge is 0.142 e. The Morgan fingerprint density at radius 3 is 2.46 bits per heavy atom. The molecule has 0 saturated heterocycles. The minimum atomic E-state index is 0.753. The summed E-state index contributed by atoms with van der Waals surface area (Å²) in [4.78, 5) is 5.01. The summed E-state index contributed by atoms with van der Waals surface area (Å²) in [6.45, 7) is 0.753. The third-order valence-corrected chi connectivity index (χ3v) is 5.17. The molecule has 136 valence electrons. The number of hydrogen-bond acceptors (Lipinski definition) is 2. The molecule has 0 aliphatic rings. The average molecular weight is 364 g/mol. The van der Waals surface area contributed by atoms with E-state index in [1.54, 1.807) is 7.11 Å². The van der Waals surface area contributed by atoms with Crippen LogP contribution in [0.3, 0.4) is 0 Å². The highest BCUT2D eigenvalue weighted by molar-refractivity contribution is 5.97. The molecule has 0 fully saturated rings. The fourth-order valence-corrected chi connectivity index (χ4v) is 3.78. The first-order valence-electron chi connectivity index (χ1n) is 9.40. The van der Waals surface area contributed by atoms with Gasteiger partial charge in [-0.25, -0.2) is 4.98 Å². The maximum Gasteiger partial charge on any atom is 0.142 e. The molecule has 3 heteroatoms. The van der Waals surface area contributed by atoms with Crippen molar-refractivity contribution in [2.45, 2.75) is 6.54 Å². The van der Waals surface area contributed by atoms with Gasteiger partial charge in [0.15, 0.2) is 0 Å². The Hall–Kier alpha value is -3.59. The van der Waals surface area contributed by atoms with Gasteiger partial charge in [-0.15, -0.1) is 0 Å². The van der Waals surface area contributed by atoms with Crippen LogP contribution < -0.4 is 4.74 Å². The number of nitrogens with zero attached hydrogens (tertiary/aromatic N) is 2. The van der Waals surface area contributed by atoms with Gasteiger partial charge >= 0.3 is 0 Å². The molecule has 4 aromatic carbocycles. The Kier molecular flexibility index (Phi) is 4.06. The normalized spacial score (nSPS) is 11.2. The number of fused-ring (bicyclic) bond motifs is 2. The van der Waals surface area contributed by atoms with E-state index in [2.05, 4.69) is 77.4 Å². The van der Waals surface area contributed by atoms with E-state index in [0.717, 1.165) is 34.7 Å². The number of hydrogen-bond donors (Lipinski definition) is 0. The van der Waals surface area contributed by atoms with Gasteiger partial charge in [0.25, 0.3) is 0 Å². The van der Waals surface area contributed by atoms with Gasteiger partial charge in [0.2, 0.25) is 0 Å². The van der Waals surface area contributed by atoms with Gasteiger partial charge in [0.05, 0.1) is 18.1 Å². The van der Waals surface area contributed by atoms with Crippen LogP contribution in [0, 0.1) is 0 Å². The Bertz CT molecular complexity index is 1270. The second kappa shape index (κ2) is 6.86. The first-order chi connectivity index (χ1) is 13.8. The van der Waals surface area contributed by atoms with E-state index in [9.17, 15) is 0 Å². The molecular weight excluding hydrogens is 344 g/mol. The van der Waals surface area contributed by atoms with E-state index in [1.807, 2.05) is 18.2 Å².